The molecule has 0 fully saturated rings. The van der Waals surface area contributed by atoms with Crippen LogP contribution in [-0.2, 0) is 20.8 Å². The highest BCUT2D eigenvalue weighted by Crippen LogP contribution is 2.19. The maximum atomic E-state index is 12.4. The molecule has 0 unspecified atom stereocenters. The molecular weight excluding hydrogens is 362 g/mol. The van der Waals surface area contributed by atoms with Gasteiger partial charge in [0.25, 0.3) is 0 Å². The number of aryl methyl sites for hydroxylation is 1. The number of para-hydroxylation sites is 1. The van der Waals surface area contributed by atoms with Crippen molar-refractivity contribution in [3.63, 3.8) is 0 Å². The molecule has 1 aliphatic heterocycles. The molecule has 9 heteroatoms. The number of hydrogen-bond donors (Lipinski definition) is 5. The zero-order valence-corrected chi connectivity index (χ0v) is 16.2. The maximum Gasteiger partial charge on any atom is 0.243 e. The molecule has 0 saturated carbocycles. The van der Waals surface area contributed by atoms with Gasteiger partial charge in [-0.1, -0.05) is 18.2 Å². The summed E-state index contributed by atoms with van der Waals surface area (Å²) < 4.78 is 5.80. The molecule has 2 rings (SSSR count). The number of ether oxygens (including phenoxy) is 1. The van der Waals surface area contributed by atoms with Crippen LogP contribution in [0.15, 0.2) is 24.3 Å². The van der Waals surface area contributed by atoms with E-state index in [1.165, 1.54) is 0 Å². The Labute approximate surface area is 165 Å². The first-order valence-corrected chi connectivity index (χ1v) is 9.50. The number of nitrogens with one attached hydrogen (secondary N) is 5. The molecular formula is C19H29N5O4. The van der Waals surface area contributed by atoms with E-state index in [2.05, 4.69) is 26.6 Å². The first-order chi connectivity index (χ1) is 13.6. The van der Waals surface area contributed by atoms with Gasteiger partial charge in [-0.15, -0.1) is 0 Å². The average molecular weight is 391 g/mol. The molecule has 9 nitrogen and oxygen atoms in total. The number of hydrogen-bond acceptors (Lipinski definition) is 6. The smallest absolute Gasteiger partial charge is 0.243 e. The maximum absolute atomic E-state index is 12.4. The Balaban J connectivity index is 2.02. The number of carbonyl (C=O) groups is 3. The van der Waals surface area contributed by atoms with Crippen LogP contribution in [0.2, 0.25) is 0 Å². The Morgan fingerprint density at radius 1 is 1.07 bits per heavy atom. The standard InChI is InChI=1S/C19H29N5O4/c1-20-11-15-19(27)22-8-4-6-14-5-2-3-7-16(14)28-10-9-21-12-17(25)23-13-18(26)24-15/h2-3,5,7,15,20-21H,4,6,8-13H2,1H3,(H,22,27)(H,23,25)(H,24,26)/t15-/m0/s1. The van der Waals surface area contributed by atoms with E-state index in [-0.39, 0.29) is 24.9 Å². The van der Waals surface area contributed by atoms with Gasteiger partial charge in [-0.25, -0.2) is 0 Å². The van der Waals surface area contributed by atoms with Gasteiger partial charge < -0.3 is 31.3 Å². The van der Waals surface area contributed by atoms with E-state index in [0.717, 1.165) is 24.2 Å². The summed E-state index contributed by atoms with van der Waals surface area (Å²) in [7, 11) is 1.70. The van der Waals surface area contributed by atoms with Crippen molar-refractivity contribution in [3.05, 3.63) is 29.8 Å². The fourth-order valence-electron chi connectivity index (χ4n) is 2.80. The van der Waals surface area contributed by atoms with Crippen molar-refractivity contribution < 1.29 is 19.1 Å². The molecule has 0 aliphatic carbocycles. The van der Waals surface area contributed by atoms with Crippen LogP contribution < -0.4 is 31.3 Å². The molecule has 1 aliphatic rings. The normalized spacial score (nSPS) is 20.5. The van der Waals surface area contributed by atoms with Crippen LogP contribution in [0.4, 0.5) is 0 Å². The minimum atomic E-state index is -0.706. The summed E-state index contributed by atoms with van der Waals surface area (Å²) in [5.41, 5.74) is 1.07. The molecule has 0 saturated heterocycles. The Morgan fingerprint density at radius 3 is 2.71 bits per heavy atom. The highest BCUT2D eigenvalue weighted by molar-refractivity contribution is 5.90. The van der Waals surface area contributed by atoms with E-state index in [1.807, 2.05) is 24.3 Å². The van der Waals surface area contributed by atoms with E-state index < -0.39 is 11.9 Å². The zero-order valence-electron chi connectivity index (χ0n) is 16.2. The highest BCUT2D eigenvalue weighted by Gasteiger charge is 2.20. The Kier molecular flexibility index (Phi) is 9.23. The Hall–Kier alpha value is -2.65. The van der Waals surface area contributed by atoms with Crippen LogP contribution in [-0.4, -0.2) is 70.1 Å². The third-order valence-corrected chi connectivity index (χ3v) is 4.22. The largest absolute Gasteiger partial charge is 0.492 e. The highest BCUT2D eigenvalue weighted by atomic mass is 16.5. The summed E-state index contributed by atoms with van der Waals surface area (Å²) in [6.07, 6.45) is 1.51. The van der Waals surface area contributed by atoms with Gasteiger partial charge >= 0.3 is 0 Å². The minimum absolute atomic E-state index is 0.0821. The molecule has 28 heavy (non-hydrogen) atoms. The number of rotatable bonds is 2. The van der Waals surface area contributed by atoms with Crippen molar-refractivity contribution in [2.45, 2.75) is 18.9 Å². The van der Waals surface area contributed by atoms with Crippen LogP contribution in [0, 0.1) is 0 Å². The number of likely N-dealkylation sites (N-methyl/N-ethyl adjacent to an activating group) is 1. The number of fused-ring (bicyclic) bond motifs is 1. The Bertz CT molecular complexity index is 667. The van der Waals surface area contributed by atoms with Gasteiger partial charge in [0.05, 0.1) is 13.1 Å². The fourth-order valence-corrected chi connectivity index (χ4v) is 2.80. The zero-order chi connectivity index (χ0) is 20.2. The van der Waals surface area contributed by atoms with Crippen molar-refractivity contribution >= 4 is 17.7 Å². The summed E-state index contributed by atoms with van der Waals surface area (Å²) in [5.74, 6) is -0.170. The van der Waals surface area contributed by atoms with Crippen molar-refractivity contribution in [1.82, 2.24) is 26.6 Å². The average Bonchev–Trinajstić information content (AvgIpc) is 2.69. The molecule has 3 amide bonds. The second kappa shape index (κ2) is 11.9. The van der Waals surface area contributed by atoms with Gasteiger partial charge in [-0.2, -0.15) is 0 Å². The van der Waals surface area contributed by atoms with Crippen LogP contribution >= 0.6 is 0 Å². The fraction of sp³-hybridized carbons (Fsp3) is 0.526. The predicted molar refractivity (Wildman–Crippen MR) is 105 cm³/mol. The molecule has 1 aromatic carbocycles. The van der Waals surface area contributed by atoms with E-state index in [9.17, 15) is 14.4 Å². The lowest BCUT2D eigenvalue weighted by Gasteiger charge is -2.19. The molecule has 0 bridgehead atoms. The van der Waals surface area contributed by atoms with Crippen molar-refractivity contribution in [1.29, 1.82) is 0 Å². The van der Waals surface area contributed by atoms with Gasteiger partial charge in [0.2, 0.25) is 17.7 Å². The predicted octanol–water partition coefficient (Wildman–Crippen LogP) is -1.46. The SMILES string of the molecule is CNC[C@@H]1NC(=O)CNC(=O)CNCCOc2ccccc2CCCNC1=O. The first-order valence-electron chi connectivity index (χ1n) is 9.50. The molecule has 0 spiro atoms. The van der Waals surface area contributed by atoms with Crippen LogP contribution in [0.25, 0.3) is 0 Å². The van der Waals surface area contributed by atoms with Gasteiger partial charge in [0.1, 0.15) is 18.4 Å². The third-order valence-electron chi connectivity index (χ3n) is 4.22. The first kappa shape index (κ1) is 21.6. The topological polar surface area (TPSA) is 121 Å². The van der Waals surface area contributed by atoms with Crippen LogP contribution in [0.3, 0.4) is 0 Å². The van der Waals surface area contributed by atoms with E-state index in [0.29, 0.717) is 26.2 Å². The van der Waals surface area contributed by atoms with Crippen molar-refractivity contribution in [3.8, 4) is 5.75 Å². The number of benzene rings is 1. The van der Waals surface area contributed by atoms with E-state index in [1.54, 1.807) is 7.05 Å². The number of carbonyl (C=O) groups excluding carboxylic acids is 3. The molecule has 154 valence electrons. The second-order valence-electron chi connectivity index (χ2n) is 6.48. The van der Waals surface area contributed by atoms with Crippen LogP contribution in [0.5, 0.6) is 5.75 Å². The lowest BCUT2D eigenvalue weighted by molar-refractivity contribution is -0.129. The van der Waals surface area contributed by atoms with E-state index in [4.69, 9.17) is 4.74 Å². The summed E-state index contributed by atoms with van der Waals surface area (Å²) in [4.78, 5) is 36.2. The van der Waals surface area contributed by atoms with Crippen molar-refractivity contribution in [2.24, 2.45) is 0 Å². The van der Waals surface area contributed by atoms with Crippen LogP contribution in [0.1, 0.15) is 12.0 Å². The molecule has 0 aromatic heterocycles. The van der Waals surface area contributed by atoms with E-state index >= 15 is 0 Å². The summed E-state index contributed by atoms with van der Waals surface area (Å²) in [5, 5.41) is 13.9. The molecule has 0 radical (unpaired) electrons. The van der Waals surface area contributed by atoms with Gasteiger partial charge in [0, 0.05) is 19.6 Å². The quantitative estimate of drug-likeness (QED) is 0.420. The molecule has 5 N–H and O–H groups in total. The molecule has 1 aromatic rings. The van der Waals surface area contributed by atoms with Gasteiger partial charge in [-0.3, -0.25) is 14.4 Å². The summed E-state index contributed by atoms with van der Waals surface area (Å²) in [6.45, 7) is 1.61. The second-order valence-corrected chi connectivity index (χ2v) is 6.48. The lowest BCUT2D eigenvalue weighted by Crippen LogP contribution is -2.53. The Morgan fingerprint density at radius 2 is 1.89 bits per heavy atom. The molecule has 1 heterocycles. The lowest BCUT2D eigenvalue weighted by atomic mass is 10.1. The van der Waals surface area contributed by atoms with Gasteiger partial charge in [0.15, 0.2) is 0 Å². The minimum Gasteiger partial charge on any atom is -0.492 e. The monoisotopic (exact) mass is 391 g/mol. The summed E-state index contributed by atoms with van der Waals surface area (Å²) >= 11 is 0. The summed E-state index contributed by atoms with van der Waals surface area (Å²) in [6, 6.07) is 7.08. The number of amides is 3. The third kappa shape index (κ3) is 7.53. The van der Waals surface area contributed by atoms with Crippen molar-refractivity contribution in [2.75, 3.05) is 46.4 Å². The van der Waals surface area contributed by atoms with Gasteiger partial charge in [-0.05, 0) is 31.5 Å². The molecule has 1 atom stereocenters.